The monoisotopic (exact) mass is 252 g/mol. The zero-order valence-corrected chi connectivity index (χ0v) is 10.5. The number of hydrogen-bond acceptors (Lipinski definition) is 4. The van der Waals surface area contributed by atoms with Gasteiger partial charge in [0.15, 0.2) is 0 Å². The van der Waals surface area contributed by atoms with Crippen molar-refractivity contribution in [3.05, 3.63) is 65.0 Å². The van der Waals surface area contributed by atoms with Gasteiger partial charge in [-0.1, -0.05) is 30.3 Å². The van der Waals surface area contributed by atoms with Crippen LogP contribution in [0.25, 0.3) is 0 Å². The lowest BCUT2D eigenvalue weighted by molar-refractivity contribution is 0.0600. The molecule has 0 atom stereocenters. The van der Waals surface area contributed by atoms with Gasteiger partial charge >= 0.3 is 5.97 Å². The van der Waals surface area contributed by atoms with Crippen LogP contribution in [0.4, 0.5) is 0 Å². The van der Waals surface area contributed by atoms with E-state index in [2.05, 4.69) is 9.72 Å². The van der Waals surface area contributed by atoms with E-state index in [9.17, 15) is 4.79 Å². The number of hydrogen-bond donors (Lipinski definition) is 0. The molecule has 0 spiro atoms. The van der Waals surface area contributed by atoms with Crippen molar-refractivity contribution in [2.75, 3.05) is 7.11 Å². The lowest BCUT2D eigenvalue weighted by atomic mass is 10.1. The number of ether oxygens (including phenoxy) is 1. The van der Waals surface area contributed by atoms with Crippen molar-refractivity contribution >= 4 is 5.97 Å². The number of esters is 1. The molecule has 2 aromatic rings. The Labute approximate surface area is 111 Å². The molecule has 19 heavy (non-hydrogen) atoms. The summed E-state index contributed by atoms with van der Waals surface area (Å²) in [6.07, 6.45) is 2.01. The number of carbonyl (C=O) groups is 1. The van der Waals surface area contributed by atoms with Crippen molar-refractivity contribution in [3.8, 4) is 6.07 Å². The molecule has 2 rings (SSSR count). The summed E-state index contributed by atoms with van der Waals surface area (Å²) in [4.78, 5) is 15.8. The fourth-order valence-electron chi connectivity index (χ4n) is 1.77. The summed E-state index contributed by atoms with van der Waals surface area (Å²) in [5.74, 6) is -0.520. The third-order valence-electron chi connectivity index (χ3n) is 2.71. The molecule has 0 aliphatic heterocycles. The molecule has 1 aromatic heterocycles. The first-order chi connectivity index (χ1) is 9.24. The van der Waals surface area contributed by atoms with E-state index < -0.39 is 5.97 Å². The number of pyridine rings is 1. The zero-order chi connectivity index (χ0) is 13.7. The number of benzene rings is 1. The molecule has 0 aliphatic rings. The highest BCUT2D eigenvalue weighted by Crippen LogP contribution is 2.13. The van der Waals surface area contributed by atoms with Crippen LogP contribution in [0.2, 0.25) is 0 Å². The Hall–Kier alpha value is -2.67. The van der Waals surface area contributed by atoms with Crippen LogP contribution in [0.1, 0.15) is 27.2 Å². The normalized spacial score (nSPS) is 9.68. The van der Waals surface area contributed by atoms with Crippen molar-refractivity contribution in [2.24, 2.45) is 0 Å². The van der Waals surface area contributed by atoms with E-state index in [1.54, 1.807) is 6.07 Å². The molecule has 0 unspecified atom stereocenters. The zero-order valence-electron chi connectivity index (χ0n) is 10.5. The first-order valence-corrected chi connectivity index (χ1v) is 5.76. The standard InChI is InChI=1S/C15H12N2O2/c1-19-15(18)14-8-13(17-10-12(14)9-16)7-11-5-3-2-4-6-11/h2-6,8,10H,7H2,1H3. The van der Waals surface area contributed by atoms with Crippen molar-refractivity contribution in [1.29, 1.82) is 5.26 Å². The maximum atomic E-state index is 11.6. The highest BCUT2D eigenvalue weighted by atomic mass is 16.5. The molecule has 4 nitrogen and oxygen atoms in total. The lowest BCUT2D eigenvalue weighted by Crippen LogP contribution is -2.06. The smallest absolute Gasteiger partial charge is 0.339 e. The highest BCUT2D eigenvalue weighted by Gasteiger charge is 2.13. The number of rotatable bonds is 3. The summed E-state index contributed by atoms with van der Waals surface area (Å²) < 4.78 is 4.67. The Kier molecular flexibility index (Phi) is 3.89. The van der Waals surface area contributed by atoms with Gasteiger partial charge in [0.2, 0.25) is 0 Å². The van der Waals surface area contributed by atoms with Gasteiger partial charge in [0.1, 0.15) is 6.07 Å². The van der Waals surface area contributed by atoms with Crippen LogP contribution in [0.3, 0.4) is 0 Å². The molecular formula is C15H12N2O2. The molecule has 94 valence electrons. The van der Waals surface area contributed by atoms with Crippen molar-refractivity contribution in [3.63, 3.8) is 0 Å². The third kappa shape index (κ3) is 2.96. The van der Waals surface area contributed by atoms with Gasteiger partial charge in [-0.05, 0) is 11.6 Å². The van der Waals surface area contributed by atoms with Gasteiger partial charge in [-0.25, -0.2) is 4.79 Å². The van der Waals surface area contributed by atoms with Gasteiger partial charge in [0.25, 0.3) is 0 Å². The Morgan fingerprint density at radius 1 is 1.37 bits per heavy atom. The molecule has 0 aliphatic carbocycles. The van der Waals surface area contributed by atoms with E-state index in [4.69, 9.17) is 5.26 Å². The molecule has 1 aromatic carbocycles. The average molecular weight is 252 g/mol. The van der Waals surface area contributed by atoms with Gasteiger partial charge in [-0.3, -0.25) is 4.98 Å². The Morgan fingerprint density at radius 3 is 2.74 bits per heavy atom. The molecular weight excluding hydrogens is 240 g/mol. The van der Waals surface area contributed by atoms with Crippen molar-refractivity contribution in [1.82, 2.24) is 4.98 Å². The van der Waals surface area contributed by atoms with Gasteiger partial charge < -0.3 is 4.74 Å². The maximum absolute atomic E-state index is 11.6. The van der Waals surface area contributed by atoms with E-state index in [1.165, 1.54) is 13.3 Å². The van der Waals surface area contributed by atoms with Gasteiger partial charge in [0.05, 0.1) is 18.2 Å². The molecule has 0 fully saturated rings. The van der Waals surface area contributed by atoms with E-state index in [-0.39, 0.29) is 11.1 Å². The minimum Gasteiger partial charge on any atom is -0.465 e. The van der Waals surface area contributed by atoms with Crippen LogP contribution in [0, 0.1) is 11.3 Å². The summed E-state index contributed by atoms with van der Waals surface area (Å²) in [5, 5.41) is 8.95. The van der Waals surface area contributed by atoms with Crippen molar-refractivity contribution in [2.45, 2.75) is 6.42 Å². The topological polar surface area (TPSA) is 63.0 Å². The van der Waals surface area contributed by atoms with E-state index >= 15 is 0 Å². The summed E-state index contributed by atoms with van der Waals surface area (Å²) in [6, 6.07) is 13.3. The van der Waals surface area contributed by atoms with Crippen LogP contribution >= 0.6 is 0 Å². The third-order valence-corrected chi connectivity index (χ3v) is 2.71. The number of methoxy groups -OCH3 is 1. The largest absolute Gasteiger partial charge is 0.465 e. The molecule has 0 amide bonds. The Balaban J connectivity index is 2.34. The predicted octanol–water partition coefficient (Wildman–Crippen LogP) is 2.33. The molecule has 0 radical (unpaired) electrons. The minimum atomic E-state index is -0.520. The number of nitriles is 1. The quantitative estimate of drug-likeness (QED) is 0.786. The molecule has 0 saturated heterocycles. The maximum Gasteiger partial charge on any atom is 0.339 e. The van der Waals surface area contributed by atoms with Gasteiger partial charge in [-0.2, -0.15) is 5.26 Å². The number of aromatic nitrogens is 1. The van der Waals surface area contributed by atoms with E-state index in [0.717, 1.165) is 11.3 Å². The highest BCUT2D eigenvalue weighted by molar-refractivity contribution is 5.92. The summed E-state index contributed by atoms with van der Waals surface area (Å²) in [6.45, 7) is 0. The fraction of sp³-hybridized carbons (Fsp3) is 0.133. The second kappa shape index (κ2) is 5.78. The van der Waals surface area contributed by atoms with Crippen LogP contribution in [0.5, 0.6) is 0 Å². The molecule has 0 bridgehead atoms. The van der Waals surface area contributed by atoms with Crippen LogP contribution in [0.15, 0.2) is 42.6 Å². The fourth-order valence-corrected chi connectivity index (χ4v) is 1.77. The van der Waals surface area contributed by atoms with Gasteiger partial charge in [0, 0.05) is 18.3 Å². The molecule has 1 heterocycles. The SMILES string of the molecule is COC(=O)c1cc(Cc2ccccc2)ncc1C#N. The predicted molar refractivity (Wildman–Crippen MR) is 69.5 cm³/mol. The van der Waals surface area contributed by atoms with Crippen LogP contribution < -0.4 is 0 Å². The first-order valence-electron chi connectivity index (χ1n) is 5.76. The van der Waals surface area contributed by atoms with Crippen LogP contribution in [-0.2, 0) is 11.2 Å². The van der Waals surface area contributed by atoms with E-state index in [1.807, 2.05) is 36.4 Å². The van der Waals surface area contributed by atoms with Crippen molar-refractivity contribution < 1.29 is 9.53 Å². The van der Waals surface area contributed by atoms with E-state index in [0.29, 0.717) is 6.42 Å². The average Bonchev–Trinajstić information content (AvgIpc) is 2.47. The number of nitrogens with zero attached hydrogens (tertiary/aromatic N) is 2. The van der Waals surface area contributed by atoms with Crippen LogP contribution in [-0.4, -0.2) is 18.1 Å². The molecule has 4 heteroatoms. The molecule has 0 N–H and O–H groups in total. The summed E-state index contributed by atoms with van der Waals surface area (Å²) in [5.41, 5.74) is 2.30. The van der Waals surface area contributed by atoms with Gasteiger partial charge in [-0.15, -0.1) is 0 Å². The number of carbonyl (C=O) groups excluding carboxylic acids is 1. The summed E-state index contributed by atoms with van der Waals surface area (Å²) in [7, 11) is 1.29. The minimum absolute atomic E-state index is 0.226. The second-order valence-electron chi connectivity index (χ2n) is 3.99. The Bertz CT molecular complexity index is 630. The lowest BCUT2D eigenvalue weighted by Gasteiger charge is -2.05. The second-order valence-corrected chi connectivity index (χ2v) is 3.99. The summed E-state index contributed by atoms with van der Waals surface area (Å²) >= 11 is 0. The molecule has 0 saturated carbocycles. The Morgan fingerprint density at radius 2 is 2.11 bits per heavy atom. The first kappa shape index (κ1) is 12.8.